The molecule has 3 rings (SSSR count). The number of hydrogen-bond donors (Lipinski definition) is 2. The molecule has 2 amide bonds. The van der Waals surface area contributed by atoms with E-state index in [1.807, 2.05) is 0 Å². The summed E-state index contributed by atoms with van der Waals surface area (Å²) in [5, 5.41) is 18.7. The SMILES string of the molecule is O=C(O)C1CCN(C(=O)NCc2nnc3c(Cl)cc(C(F)(F)F)cn23)C1. The number of carboxylic acids is 1. The Morgan fingerprint density at radius 2 is 2.12 bits per heavy atom. The minimum absolute atomic E-state index is 0.0380. The summed E-state index contributed by atoms with van der Waals surface area (Å²) in [6, 6.07) is 0.230. The third kappa shape index (κ3) is 3.52. The van der Waals surface area contributed by atoms with E-state index in [4.69, 9.17) is 16.7 Å². The first-order valence-corrected chi connectivity index (χ1v) is 7.90. The Bertz CT molecular complexity index is 869. The first kappa shape index (κ1) is 18.2. The Labute approximate surface area is 149 Å². The fourth-order valence-electron chi connectivity index (χ4n) is 2.69. The molecule has 1 saturated heterocycles. The lowest BCUT2D eigenvalue weighted by molar-refractivity contribution is -0.141. The maximum absolute atomic E-state index is 12.9. The zero-order valence-electron chi connectivity index (χ0n) is 13.1. The standard InChI is InChI=1S/C14H13ClF3N5O3/c15-9-3-8(14(16,17)18)6-23-10(20-21-11(9)23)4-19-13(26)22-2-1-7(5-22)12(24)25/h3,6-7H,1-2,4-5H2,(H,19,26)(H,24,25). The van der Waals surface area contributed by atoms with Gasteiger partial charge in [0.05, 0.1) is 23.0 Å². The molecule has 0 aromatic carbocycles. The maximum atomic E-state index is 12.9. The second-order valence-electron chi connectivity index (χ2n) is 5.81. The topological polar surface area (TPSA) is 99.8 Å². The van der Waals surface area contributed by atoms with Crippen molar-refractivity contribution >= 4 is 29.2 Å². The van der Waals surface area contributed by atoms with Crippen molar-refractivity contribution in [2.75, 3.05) is 13.1 Å². The predicted molar refractivity (Wildman–Crippen MR) is 82.6 cm³/mol. The van der Waals surface area contributed by atoms with Crippen LogP contribution in [0.2, 0.25) is 5.02 Å². The number of pyridine rings is 1. The van der Waals surface area contributed by atoms with E-state index in [2.05, 4.69) is 15.5 Å². The van der Waals surface area contributed by atoms with Gasteiger partial charge in [-0.2, -0.15) is 13.2 Å². The van der Waals surface area contributed by atoms with Crippen LogP contribution >= 0.6 is 11.6 Å². The summed E-state index contributed by atoms with van der Waals surface area (Å²) in [6.45, 7) is 0.172. The van der Waals surface area contributed by atoms with Gasteiger partial charge in [-0.15, -0.1) is 10.2 Å². The number of aromatic nitrogens is 3. The molecule has 2 aromatic rings. The molecule has 0 bridgehead atoms. The average molecular weight is 392 g/mol. The summed E-state index contributed by atoms with van der Waals surface area (Å²) in [7, 11) is 0. The fourth-order valence-corrected chi connectivity index (χ4v) is 2.93. The fraction of sp³-hybridized carbons (Fsp3) is 0.429. The zero-order chi connectivity index (χ0) is 19.1. The molecule has 140 valence electrons. The van der Waals surface area contributed by atoms with Crippen molar-refractivity contribution in [3.8, 4) is 0 Å². The monoisotopic (exact) mass is 391 g/mol. The minimum Gasteiger partial charge on any atom is -0.481 e. The number of carboxylic acid groups (broad SMARTS) is 1. The second-order valence-corrected chi connectivity index (χ2v) is 6.22. The number of rotatable bonds is 3. The van der Waals surface area contributed by atoms with E-state index >= 15 is 0 Å². The van der Waals surface area contributed by atoms with Gasteiger partial charge in [0.2, 0.25) is 0 Å². The number of aliphatic carboxylic acids is 1. The van der Waals surface area contributed by atoms with E-state index in [1.165, 1.54) is 4.90 Å². The van der Waals surface area contributed by atoms with Crippen molar-refractivity contribution in [3.05, 3.63) is 28.7 Å². The number of fused-ring (bicyclic) bond motifs is 1. The molecule has 8 nitrogen and oxygen atoms in total. The molecule has 1 unspecified atom stereocenters. The Balaban J connectivity index is 1.74. The molecule has 12 heteroatoms. The number of urea groups is 1. The van der Waals surface area contributed by atoms with Crippen molar-refractivity contribution in [1.29, 1.82) is 0 Å². The number of nitrogens with zero attached hydrogens (tertiary/aromatic N) is 4. The van der Waals surface area contributed by atoms with Gasteiger partial charge < -0.3 is 15.3 Å². The van der Waals surface area contributed by atoms with E-state index < -0.39 is 29.7 Å². The van der Waals surface area contributed by atoms with Crippen LogP contribution in [-0.2, 0) is 17.5 Å². The average Bonchev–Trinajstić information content (AvgIpc) is 3.19. The highest BCUT2D eigenvalue weighted by molar-refractivity contribution is 6.33. The van der Waals surface area contributed by atoms with Crippen LogP contribution in [0.15, 0.2) is 12.3 Å². The van der Waals surface area contributed by atoms with Gasteiger partial charge in [-0.3, -0.25) is 9.20 Å². The molecule has 1 aliphatic heterocycles. The Morgan fingerprint density at radius 1 is 1.38 bits per heavy atom. The lowest BCUT2D eigenvalue weighted by atomic mass is 10.1. The molecule has 2 N–H and O–H groups in total. The number of halogens is 4. The third-order valence-corrected chi connectivity index (χ3v) is 4.36. The summed E-state index contributed by atoms with van der Waals surface area (Å²) in [5.74, 6) is -1.53. The first-order chi connectivity index (χ1) is 12.2. The normalized spacial score (nSPS) is 17.7. The molecular formula is C14H13ClF3N5O3. The van der Waals surface area contributed by atoms with E-state index in [1.54, 1.807) is 0 Å². The largest absolute Gasteiger partial charge is 0.481 e. The maximum Gasteiger partial charge on any atom is 0.417 e. The van der Waals surface area contributed by atoms with Crippen molar-refractivity contribution in [3.63, 3.8) is 0 Å². The minimum atomic E-state index is -4.59. The van der Waals surface area contributed by atoms with Crippen LogP contribution in [-0.4, -0.2) is 49.7 Å². The molecule has 1 aliphatic rings. The quantitative estimate of drug-likeness (QED) is 0.833. The Morgan fingerprint density at radius 3 is 2.73 bits per heavy atom. The zero-order valence-corrected chi connectivity index (χ0v) is 13.9. The first-order valence-electron chi connectivity index (χ1n) is 7.52. The van der Waals surface area contributed by atoms with Crippen LogP contribution in [0, 0.1) is 5.92 Å². The highest BCUT2D eigenvalue weighted by Gasteiger charge is 2.33. The second kappa shape index (κ2) is 6.63. The van der Waals surface area contributed by atoms with Gasteiger partial charge in [0, 0.05) is 19.3 Å². The molecule has 0 saturated carbocycles. The summed E-state index contributed by atoms with van der Waals surface area (Å²) in [6.07, 6.45) is -3.44. The van der Waals surface area contributed by atoms with Crippen LogP contribution < -0.4 is 5.32 Å². The van der Waals surface area contributed by atoms with Crippen LogP contribution in [0.25, 0.3) is 5.65 Å². The van der Waals surface area contributed by atoms with Gasteiger partial charge in [-0.05, 0) is 12.5 Å². The summed E-state index contributed by atoms with van der Waals surface area (Å²) < 4.78 is 39.8. The molecule has 0 aliphatic carbocycles. The predicted octanol–water partition coefficient (Wildman–Crippen LogP) is 2.02. The Hall–Kier alpha value is -2.56. The number of carbonyl (C=O) groups excluding carboxylic acids is 1. The molecular weight excluding hydrogens is 379 g/mol. The number of amides is 2. The lowest BCUT2D eigenvalue weighted by Gasteiger charge is -2.16. The third-order valence-electron chi connectivity index (χ3n) is 4.08. The molecule has 3 heterocycles. The van der Waals surface area contributed by atoms with Gasteiger partial charge in [0.15, 0.2) is 11.5 Å². The van der Waals surface area contributed by atoms with Crippen molar-refractivity contribution in [2.24, 2.45) is 5.92 Å². The van der Waals surface area contributed by atoms with Crippen LogP contribution in [0.5, 0.6) is 0 Å². The van der Waals surface area contributed by atoms with E-state index in [0.717, 1.165) is 16.7 Å². The molecule has 2 aromatic heterocycles. The lowest BCUT2D eigenvalue weighted by Crippen LogP contribution is -2.38. The summed E-state index contributed by atoms with van der Waals surface area (Å²) >= 11 is 5.82. The molecule has 0 spiro atoms. The molecule has 26 heavy (non-hydrogen) atoms. The Kier molecular flexibility index (Phi) is 4.65. The van der Waals surface area contributed by atoms with Gasteiger partial charge >= 0.3 is 18.2 Å². The number of nitrogens with one attached hydrogen (secondary N) is 1. The summed E-state index contributed by atoms with van der Waals surface area (Å²) in [4.78, 5) is 24.3. The van der Waals surface area contributed by atoms with Gasteiger partial charge in [0.1, 0.15) is 0 Å². The number of likely N-dealkylation sites (tertiary alicyclic amines) is 1. The van der Waals surface area contributed by atoms with Gasteiger partial charge in [-0.1, -0.05) is 11.6 Å². The van der Waals surface area contributed by atoms with Crippen molar-refractivity contribution < 1.29 is 27.9 Å². The van der Waals surface area contributed by atoms with Crippen LogP contribution in [0.4, 0.5) is 18.0 Å². The highest BCUT2D eigenvalue weighted by Crippen LogP contribution is 2.32. The van der Waals surface area contributed by atoms with Gasteiger partial charge in [0.25, 0.3) is 0 Å². The molecule has 1 fully saturated rings. The van der Waals surface area contributed by atoms with E-state index in [0.29, 0.717) is 6.42 Å². The van der Waals surface area contributed by atoms with Gasteiger partial charge in [-0.25, -0.2) is 4.79 Å². The van der Waals surface area contributed by atoms with Crippen LogP contribution in [0.1, 0.15) is 17.8 Å². The van der Waals surface area contributed by atoms with Crippen LogP contribution in [0.3, 0.4) is 0 Å². The van der Waals surface area contributed by atoms with Crippen molar-refractivity contribution in [1.82, 2.24) is 24.8 Å². The number of alkyl halides is 3. The van der Waals surface area contributed by atoms with Crippen molar-refractivity contribution in [2.45, 2.75) is 19.1 Å². The molecule has 0 radical (unpaired) electrons. The van der Waals surface area contributed by atoms with E-state index in [-0.39, 0.29) is 36.1 Å². The number of carbonyl (C=O) groups is 2. The summed E-state index contributed by atoms with van der Waals surface area (Å²) in [5.41, 5.74) is -0.928. The smallest absolute Gasteiger partial charge is 0.417 e. The highest BCUT2D eigenvalue weighted by atomic mass is 35.5. The van der Waals surface area contributed by atoms with E-state index in [9.17, 15) is 22.8 Å². The number of hydrogen-bond acceptors (Lipinski definition) is 4. The molecule has 1 atom stereocenters.